The van der Waals surface area contributed by atoms with E-state index in [2.05, 4.69) is 6.92 Å². The zero-order chi connectivity index (χ0) is 19.5. The van der Waals surface area contributed by atoms with Crippen LogP contribution in [0.2, 0.25) is 0 Å². The second kappa shape index (κ2) is 8.74. The van der Waals surface area contributed by atoms with Crippen molar-refractivity contribution in [2.24, 2.45) is 0 Å². The molecule has 148 valence electrons. The maximum Gasteiger partial charge on any atom is 0.272 e. The van der Waals surface area contributed by atoms with Crippen molar-refractivity contribution in [3.8, 4) is 5.69 Å². The molecule has 0 spiro atoms. The first kappa shape index (κ1) is 19.6. The van der Waals surface area contributed by atoms with Crippen molar-refractivity contribution in [1.29, 1.82) is 0 Å². The van der Waals surface area contributed by atoms with Gasteiger partial charge in [-0.1, -0.05) is 49.7 Å². The second-order valence-electron chi connectivity index (χ2n) is 7.36. The van der Waals surface area contributed by atoms with Gasteiger partial charge in [-0.2, -0.15) is 0 Å². The highest BCUT2D eigenvalue weighted by Crippen LogP contribution is 2.34. The smallest absolute Gasteiger partial charge is 0.272 e. The largest absolute Gasteiger partial charge is 0.342 e. The molecule has 0 bridgehead atoms. The van der Waals surface area contributed by atoms with E-state index in [1.54, 1.807) is 16.3 Å². The Kier molecular flexibility index (Phi) is 6.11. The number of carbonyl (C=O) groups excluding carboxylic acids is 1. The van der Waals surface area contributed by atoms with Crippen LogP contribution in [0.4, 0.5) is 0 Å². The fourth-order valence-electron chi connectivity index (χ4n) is 3.74. The molecule has 0 aliphatic carbocycles. The van der Waals surface area contributed by atoms with Gasteiger partial charge in [-0.25, -0.2) is 4.98 Å². The number of hydrogen-bond acceptors (Lipinski definition) is 5. The van der Waals surface area contributed by atoms with Crippen molar-refractivity contribution in [3.63, 3.8) is 0 Å². The molecule has 0 unspecified atom stereocenters. The number of benzene rings is 1. The van der Waals surface area contributed by atoms with E-state index < -0.39 is 0 Å². The Bertz CT molecular complexity index is 906. The Labute approximate surface area is 173 Å². The third-order valence-corrected chi connectivity index (χ3v) is 7.32. The van der Waals surface area contributed by atoms with Gasteiger partial charge in [0.25, 0.3) is 5.56 Å². The molecule has 0 saturated carbocycles. The Balaban J connectivity index is 1.62. The molecular formula is C21H25N3O2S2. The molecule has 0 radical (unpaired) electrons. The number of hydrogen-bond donors (Lipinski definition) is 0. The molecule has 1 aromatic carbocycles. The zero-order valence-electron chi connectivity index (χ0n) is 16.1. The van der Waals surface area contributed by atoms with Gasteiger partial charge in [0.15, 0.2) is 5.16 Å². The molecule has 1 saturated heterocycles. The normalized spacial score (nSPS) is 19.3. The van der Waals surface area contributed by atoms with Crippen LogP contribution in [0.1, 0.15) is 38.3 Å². The number of aromatic nitrogens is 2. The first-order valence-electron chi connectivity index (χ1n) is 9.92. The van der Waals surface area contributed by atoms with Gasteiger partial charge in [0.2, 0.25) is 5.91 Å². The lowest BCUT2D eigenvalue weighted by Crippen LogP contribution is -2.33. The van der Waals surface area contributed by atoms with Crippen molar-refractivity contribution < 1.29 is 4.79 Å². The Morgan fingerprint density at radius 3 is 2.61 bits per heavy atom. The summed E-state index contributed by atoms with van der Waals surface area (Å²) in [5.41, 5.74) is 1.65. The number of fused-ring (bicyclic) bond motifs is 1. The molecule has 1 fully saturated rings. The number of rotatable bonds is 4. The molecule has 1 aromatic heterocycles. The van der Waals surface area contributed by atoms with Gasteiger partial charge in [-0.3, -0.25) is 14.2 Å². The van der Waals surface area contributed by atoms with E-state index in [-0.39, 0.29) is 11.5 Å². The molecule has 2 aliphatic rings. The predicted octanol–water partition coefficient (Wildman–Crippen LogP) is 3.76. The van der Waals surface area contributed by atoms with Gasteiger partial charge >= 0.3 is 0 Å². The molecule has 28 heavy (non-hydrogen) atoms. The zero-order valence-corrected chi connectivity index (χ0v) is 17.7. The number of nitrogens with zero attached hydrogens (tertiary/aromatic N) is 3. The summed E-state index contributed by atoms with van der Waals surface area (Å²) >= 11 is 2.99. The van der Waals surface area contributed by atoms with E-state index >= 15 is 0 Å². The van der Waals surface area contributed by atoms with Crippen molar-refractivity contribution in [2.45, 2.75) is 54.3 Å². The van der Waals surface area contributed by atoms with Crippen LogP contribution in [-0.4, -0.2) is 44.5 Å². The highest BCUT2D eigenvalue weighted by atomic mass is 32.2. The SMILES string of the molecule is C[C@H]1Cc2nc(SCC(=O)N3CCCCCC3)n(-c3ccccc3)c(=O)c2S1. The van der Waals surface area contributed by atoms with Crippen LogP contribution in [0.5, 0.6) is 0 Å². The second-order valence-corrected chi connectivity index (χ2v) is 9.75. The molecule has 7 heteroatoms. The topological polar surface area (TPSA) is 55.2 Å². The molecule has 1 amide bonds. The average Bonchev–Trinajstić information content (AvgIpc) is 2.90. The van der Waals surface area contributed by atoms with Crippen LogP contribution in [0.3, 0.4) is 0 Å². The lowest BCUT2D eigenvalue weighted by atomic mass is 10.2. The van der Waals surface area contributed by atoms with Crippen LogP contribution in [0.25, 0.3) is 5.69 Å². The molecular weight excluding hydrogens is 390 g/mol. The highest BCUT2D eigenvalue weighted by Gasteiger charge is 2.27. The summed E-state index contributed by atoms with van der Waals surface area (Å²) in [4.78, 5) is 33.5. The lowest BCUT2D eigenvalue weighted by Gasteiger charge is -2.20. The maximum absolute atomic E-state index is 13.2. The van der Waals surface area contributed by atoms with Gasteiger partial charge in [-0.05, 0) is 25.0 Å². The van der Waals surface area contributed by atoms with Crippen LogP contribution in [0.15, 0.2) is 45.2 Å². The van der Waals surface area contributed by atoms with E-state index in [4.69, 9.17) is 4.98 Å². The third kappa shape index (κ3) is 4.15. The Morgan fingerprint density at radius 1 is 1.18 bits per heavy atom. The van der Waals surface area contributed by atoms with Gasteiger partial charge in [-0.15, -0.1) is 11.8 Å². The van der Waals surface area contributed by atoms with Crippen LogP contribution >= 0.6 is 23.5 Å². The Morgan fingerprint density at radius 2 is 1.89 bits per heavy atom. The average molecular weight is 416 g/mol. The van der Waals surface area contributed by atoms with Gasteiger partial charge in [0, 0.05) is 24.8 Å². The van der Waals surface area contributed by atoms with E-state index in [9.17, 15) is 9.59 Å². The minimum absolute atomic E-state index is 0.0183. The third-order valence-electron chi connectivity index (χ3n) is 5.18. The van der Waals surface area contributed by atoms with Crippen LogP contribution < -0.4 is 5.56 Å². The van der Waals surface area contributed by atoms with Crippen LogP contribution in [-0.2, 0) is 11.2 Å². The summed E-state index contributed by atoms with van der Waals surface area (Å²) in [5, 5.41) is 0.978. The van der Waals surface area contributed by atoms with Crippen molar-refractivity contribution in [3.05, 3.63) is 46.4 Å². The summed E-state index contributed by atoms with van der Waals surface area (Å²) in [6, 6.07) is 9.60. The quantitative estimate of drug-likeness (QED) is 0.562. The summed E-state index contributed by atoms with van der Waals surface area (Å²) in [7, 11) is 0. The van der Waals surface area contributed by atoms with E-state index in [1.165, 1.54) is 24.6 Å². The summed E-state index contributed by atoms with van der Waals surface area (Å²) < 4.78 is 1.67. The van der Waals surface area contributed by atoms with E-state index in [1.807, 2.05) is 35.2 Å². The van der Waals surface area contributed by atoms with Gasteiger partial charge in [0.05, 0.1) is 22.0 Å². The predicted molar refractivity (Wildman–Crippen MR) is 115 cm³/mol. The molecule has 0 N–H and O–H groups in total. The number of amides is 1. The highest BCUT2D eigenvalue weighted by molar-refractivity contribution is 8.00. The monoisotopic (exact) mass is 415 g/mol. The first-order valence-corrected chi connectivity index (χ1v) is 11.8. The number of likely N-dealkylation sites (tertiary alicyclic amines) is 1. The minimum atomic E-state index is -0.0183. The molecule has 2 aromatic rings. The van der Waals surface area contributed by atoms with Crippen molar-refractivity contribution >= 4 is 29.4 Å². The van der Waals surface area contributed by atoms with Gasteiger partial charge < -0.3 is 4.90 Å². The van der Waals surface area contributed by atoms with E-state index in [0.717, 1.165) is 48.6 Å². The fourth-order valence-corrected chi connectivity index (χ4v) is 5.77. The molecule has 1 atom stereocenters. The molecule has 2 aliphatic heterocycles. The van der Waals surface area contributed by atoms with Gasteiger partial charge in [0.1, 0.15) is 0 Å². The van der Waals surface area contributed by atoms with Crippen molar-refractivity contribution in [2.75, 3.05) is 18.8 Å². The molecule has 5 nitrogen and oxygen atoms in total. The first-order chi connectivity index (χ1) is 13.6. The number of thioether (sulfide) groups is 2. The summed E-state index contributed by atoms with van der Waals surface area (Å²) in [6.07, 6.45) is 5.37. The standard InChI is InChI=1S/C21H25N3O2S2/c1-15-13-17-19(28-15)20(26)24(16-9-5-4-6-10-16)21(22-17)27-14-18(25)23-11-7-2-3-8-12-23/h4-6,9-10,15H,2-3,7-8,11-14H2,1H3/t15-/m0/s1. The fraction of sp³-hybridized carbons (Fsp3) is 0.476. The molecule has 3 heterocycles. The number of carbonyl (C=O) groups is 1. The summed E-state index contributed by atoms with van der Waals surface area (Å²) in [6.45, 7) is 3.81. The van der Waals surface area contributed by atoms with Crippen molar-refractivity contribution in [1.82, 2.24) is 14.5 Å². The lowest BCUT2D eigenvalue weighted by molar-refractivity contribution is -0.128. The maximum atomic E-state index is 13.2. The summed E-state index contributed by atoms with van der Waals surface area (Å²) in [5.74, 6) is 0.463. The minimum Gasteiger partial charge on any atom is -0.342 e. The van der Waals surface area contributed by atoms with E-state index in [0.29, 0.717) is 16.2 Å². The number of para-hydroxylation sites is 1. The molecule has 4 rings (SSSR count). The Hall–Kier alpha value is -1.73. The van der Waals surface area contributed by atoms with Crippen LogP contribution in [0, 0.1) is 0 Å².